The van der Waals surface area contributed by atoms with Gasteiger partial charge in [0.15, 0.2) is 0 Å². The molecule has 68 valence electrons. The van der Waals surface area contributed by atoms with E-state index in [0.29, 0.717) is 4.47 Å². The summed E-state index contributed by atoms with van der Waals surface area (Å²) < 4.78 is 13.3. The molecule has 0 heterocycles. The molecule has 0 aromatic heterocycles. The summed E-state index contributed by atoms with van der Waals surface area (Å²) in [5.74, 6) is -0.264. The second-order valence-corrected chi connectivity index (χ2v) is 3.32. The predicted octanol–water partition coefficient (Wildman–Crippen LogP) is 3.03. The maximum atomic E-state index is 12.8. The molecule has 0 saturated carbocycles. The monoisotopic (exact) mass is 253 g/mol. The minimum absolute atomic E-state index is 0. The Bertz CT molecular complexity index is 265. The first-order valence-electron chi connectivity index (χ1n) is 3.32. The van der Waals surface area contributed by atoms with Gasteiger partial charge in [0.1, 0.15) is 5.82 Å². The van der Waals surface area contributed by atoms with Gasteiger partial charge in [0, 0.05) is 6.04 Å². The van der Waals surface area contributed by atoms with Gasteiger partial charge in [-0.1, -0.05) is 6.07 Å². The third kappa shape index (κ3) is 2.73. The molecule has 4 heteroatoms. The van der Waals surface area contributed by atoms with E-state index in [0.717, 1.165) is 5.56 Å². The Labute approximate surface area is 85.7 Å². The van der Waals surface area contributed by atoms with Crippen molar-refractivity contribution in [3.63, 3.8) is 0 Å². The van der Waals surface area contributed by atoms with Gasteiger partial charge in [0.2, 0.25) is 0 Å². The SMILES string of the molecule is C[C@H](N)c1ccc(Br)c(F)c1.Cl. The van der Waals surface area contributed by atoms with E-state index in [9.17, 15) is 4.39 Å². The summed E-state index contributed by atoms with van der Waals surface area (Å²) in [5.41, 5.74) is 6.36. The fourth-order valence-corrected chi connectivity index (χ4v) is 1.04. The van der Waals surface area contributed by atoms with Crippen molar-refractivity contribution in [2.45, 2.75) is 13.0 Å². The molecule has 2 N–H and O–H groups in total. The van der Waals surface area contributed by atoms with Crippen LogP contribution in [0.15, 0.2) is 22.7 Å². The lowest BCUT2D eigenvalue weighted by Crippen LogP contribution is -2.04. The van der Waals surface area contributed by atoms with Gasteiger partial charge in [-0.25, -0.2) is 4.39 Å². The summed E-state index contributed by atoms with van der Waals surface area (Å²) in [4.78, 5) is 0. The van der Waals surface area contributed by atoms with Crippen LogP contribution < -0.4 is 5.73 Å². The Morgan fingerprint density at radius 2 is 2.08 bits per heavy atom. The molecule has 1 nitrogen and oxygen atoms in total. The van der Waals surface area contributed by atoms with Crippen LogP contribution in [0.1, 0.15) is 18.5 Å². The Hall–Kier alpha value is -0.120. The van der Waals surface area contributed by atoms with E-state index in [2.05, 4.69) is 15.9 Å². The number of nitrogens with two attached hydrogens (primary N) is 1. The lowest BCUT2D eigenvalue weighted by Gasteiger charge is -2.05. The van der Waals surface area contributed by atoms with Crippen molar-refractivity contribution in [1.29, 1.82) is 0 Å². The summed E-state index contributed by atoms with van der Waals surface area (Å²) >= 11 is 3.06. The van der Waals surface area contributed by atoms with E-state index in [1.165, 1.54) is 6.07 Å². The summed E-state index contributed by atoms with van der Waals surface area (Å²) in [7, 11) is 0. The molecule has 1 aromatic carbocycles. The summed E-state index contributed by atoms with van der Waals surface area (Å²) in [6, 6.07) is 4.79. The molecular weight excluding hydrogens is 244 g/mol. The molecule has 1 atom stereocenters. The van der Waals surface area contributed by atoms with E-state index in [4.69, 9.17) is 5.73 Å². The Balaban J connectivity index is 0.00000121. The van der Waals surface area contributed by atoms with Crippen LogP contribution in [0.3, 0.4) is 0 Å². The highest BCUT2D eigenvalue weighted by molar-refractivity contribution is 9.10. The molecule has 0 aliphatic rings. The number of hydrogen-bond donors (Lipinski definition) is 1. The van der Waals surface area contributed by atoms with Gasteiger partial charge in [-0.3, -0.25) is 0 Å². The van der Waals surface area contributed by atoms with Crippen molar-refractivity contribution in [2.75, 3.05) is 0 Å². The standard InChI is InChI=1S/C8H9BrFN.ClH/c1-5(11)6-2-3-7(9)8(10)4-6;/h2-5H,11H2,1H3;1H/t5-;/m0./s1. The highest BCUT2D eigenvalue weighted by atomic mass is 79.9. The third-order valence-corrected chi connectivity index (χ3v) is 2.11. The molecule has 0 bridgehead atoms. The van der Waals surface area contributed by atoms with Crippen molar-refractivity contribution >= 4 is 28.3 Å². The van der Waals surface area contributed by atoms with Crippen LogP contribution in [0, 0.1) is 5.82 Å². The molecule has 0 aliphatic carbocycles. The predicted molar refractivity (Wildman–Crippen MR) is 54.0 cm³/mol. The Morgan fingerprint density at radius 1 is 1.50 bits per heavy atom. The lowest BCUT2D eigenvalue weighted by atomic mass is 10.1. The molecule has 0 fully saturated rings. The van der Waals surface area contributed by atoms with Crippen LogP contribution in [-0.2, 0) is 0 Å². The minimum Gasteiger partial charge on any atom is -0.324 e. The van der Waals surface area contributed by atoms with Crippen LogP contribution in [0.5, 0.6) is 0 Å². The van der Waals surface area contributed by atoms with Crippen LogP contribution in [0.2, 0.25) is 0 Å². The molecule has 1 rings (SSSR count). The first-order valence-corrected chi connectivity index (χ1v) is 4.11. The summed E-state index contributed by atoms with van der Waals surface area (Å²) in [6.07, 6.45) is 0. The molecule has 0 spiro atoms. The van der Waals surface area contributed by atoms with Gasteiger partial charge in [-0.2, -0.15) is 0 Å². The van der Waals surface area contributed by atoms with E-state index in [1.54, 1.807) is 12.1 Å². The molecule has 12 heavy (non-hydrogen) atoms. The van der Waals surface area contributed by atoms with Gasteiger partial charge in [0.05, 0.1) is 4.47 Å². The van der Waals surface area contributed by atoms with Crippen molar-refractivity contribution in [3.8, 4) is 0 Å². The molecule has 0 radical (unpaired) electrons. The molecule has 0 unspecified atom stereocenters. The molecule has 0 amide bonds. The van der Waals surface area contributed by atoms with Gasteiger partial charge in [-0.15, -0.1) is 12.4 Å². The smallest absolute Gasteiger partial charge is 0.137 e. The van der Waals surface area contributed by atoms with E-state index >= 15 is 0 Å². The van der Waals surface area contributed by atoms with Crippen molar-refractivity contribution < 1.29 is 4.39 Å². The zero-order valence-electron chi connectivity index (χ0n) is 6.55. The van der Waals surface area contributed by atoms with Gasteiger partial charge >= 0.3 is 0 Å². The van der Waals surface area contributed by atoms with E-state index in [1.807, 2.05) is 6.92 Å². The first kappa shape index (κ1) is 11.9. The number of benzene rings is 1. The highest BCUT2D eigenvalue weighted by Crippen LogP contribution is 2.18. The maximum Gasteiger partial charge on any atom is 0.137 e. The van der Waals surface area contributed by atoms with Crippen LogP contribution >= 0.6 is 28.3 Å². The average molecular weight is 255 g/mol. The third-order valence-electron chi connectivity index (χ3n) is 1.47. The van der Waals surface area contributed by atoms with Crippen molar-refractivity contribution in [1.82, 2.24) is 0 Å². The second-order valence-electron chi connectivity index (χ2n) is 2.46. The molecule has 0 saturated heterocycles. The zero-order valence-corrected chi connectivity index (χ0v) is 8.95. The number of hydrogen-bond acceptors (Lipinski definition) is 1. The lowest BCUT2D eigenvalue weighted by molar-refractivity contribution is 0.615. The normalized spacial score (nSPS) is 12.0. The summed E-state index contributed by atoms with van der Waals surface area (Å²) in [6.45, 7) is 1.82. The van der Waals surface area contributed by atoms with Crippen molar-refractivity contribution in [3.05, 3.63) is 34.1 Å². The summed E-state index contributed by atoms with van der Waals surface area (Å²) in [5, 5.41) is 0. The average Bonchev–Trinajstić information content (AvgIpc) is 1.94. The zero-order chi connectivity index (χ0) is 8.43. The highest BCUT2D eigenvalue weighted by Gasteiger charge is 2.02. The fraction of sp³-hybridized carbons (Fsp3) is 0.250. The molecular formula is C8H10BrClFN. The minimum atomic E-state index is -0.264. The molecule has 1 aromatic rings. The number of halogens is 3. The van der Waals surface area contributed by atoms with E-state index < -0.39 is 0 Å². The van der Waals surface area contributed by atoms with Gasteiger partial charge in [0.25, 0.3) is 0 Å². The topological polar surface area (TPSA) is 26.0 Å². The van der Waals surface area contributed by atoms with Crippen LogP contribution in [-0.4, -0.2) is 0 Å². The number of rotatable bonds is 1. The Kier molecular flexibility index (Phi) is 4.75. The second kappa shape index (κ2) is 4.80. The van der Waals surface area contributed by atoms with Crippen molar-refractivity contribution in [2.24, 2.45) is 5.73 Å². The van der Waals surface area contributed by atoms with Crippen LogP contribution in [0.4, 0.5) is 4.39 Å². The quantitative estimate of drug-likeness (QED) is 0.819. The largest absolute Gasteiger partial charge is 0.324 e. The first-order chi connectivity index (χ1) is 5.11. The Morgan fingerprint density at radius 3 is 2.50 bits per heavy atom. The van der Waals surface area contributed by atoms with Gasteiger partial charge in [-0.05, 0) is 40.5 Å². The van der Waals surface area contributed by atoms with Crippen LogP contribution in [0.25, 0.3) is 0 Å². The van der Waals surface area contributed by atoms with E-state index in [-0.39, 0.29) is 24.3 Å². The molecule has 0 aliphatic heterocycles. The fourth-order valence-electron chi connectivity index (χ4n) is 0.796. The maximum absolute atomic E-state index is 12.8. The van der Waals surface area contributed by atoms with Gasteiger partial charge < -0.3 is 5.73 Å².